The minimum absolute atomic E-state index is 0.0302. The second-order valence-corrected chi connectivity index (χ2v) is 6.99. The van der Waals surface area contributed by atoms with Crippen molar-refractivity contribution in [2.45, 2.75) is 26.5 Å². The minimum Gasteiger partial charge on any atom is -0.489 e. The highest BCUT2D eigenvalue weighted by molar-refractivity contribution is 6.30. The number of tetrazole rings is 1. The van der Waals surface area contributed by atoms with Gasteiger partial charge in [0.05, 0.1) is 0 Å². The molecule has 0 saturated heterocycles. The number of halogens is 1. The molecule has 0 radical (unpaired) electrons. The van der Waals surface area contributed by atoms with Crippen LogP contribution in [0.5, 0.6) is 5.75 Å². The van der Waals surface area contributed by atoms with Crippen molar-refractivity contribution in [1.82, 2.24) is 20.2 Å². The van der Waals surface area contributed by atoms with Crippen molar-refractivity contribution in [3.8, 4) is 5.75 Å². The van der Waals surface area contributed by atoms with Crippen molar-refractivity contribution in [3.05, 3.63) is 76.0 Å². The predicted octanol–water partition coefficient (Wildman–Crippen LogP) is 3.78. The largest absolute Gasteiger partial charge is 0.489 e. The Labute approximate surface area is 167 Å². The molecular weight excluding hydrogens is 378 g/mol. The van der Waals surface area contributed by atoms with Crippen LogP contribution in [0.4, 0.5) is 5.95 Å². The quantitative estimate of drug-likeness (QED) is 0.707. The molecule has 7 nitrogen and oxygen atoms in total. The average Bonchev–Trinajstić information content (AvgIpc) is 3.13. The molecule has 1 aromatic heterocycles. The molecule has 1 unspecified atom stereocenters. The van der Waals surface area contributed by atoms with Gasteiger partial charge < -0.3 is 10.1 Å². The fourth-order valence-electron chi connectivity index (χ4n) is 3.32. The number of ether oxygens (including phenoxy) is 1. The summed E-state index contributed by atoms with van der Waals surface area (Å²) in [7, 11) is 0. The topological polar surface area (TPSA) is 81.9 Å². The Morgan fingerprint density at radius 1 is 1.25 bits per heavy atom. The number of rotatable bonds is 5. The van der Waals surface area contributed by atoms with Crippen LogP contribution < -0.4 is 10.1 Å². The van der Waals surface area contributed by atoms with E-state index in [1.165, 1.54) is 0 Å². The van der Waals surface area contributed by atoms with Crippen molar-refractivity contribution < 1.29 is 9.53 Å². The van der Waals surface area contributed by atoms with Gasteiger partial charge in [0.15, 0.2) is 5.78 Å². The van der Waals surface area contributed by atoms with Crippen LogP contribution in [0.25, 0.3) is 0 Å². The van der Waals surface area contributed by atoms with E-state index in [2.05, 4.69) is 20.8 Å². The molecule has 0 bridgehead atoms. The van der Waals surface area contributed by atoms with Crippen LogP contribution in [0.2, 0.25) is 5.02 Å². The fourth-order valence-corrected chi connectivity index (χ4v) is 3.53. The van der Waals surface area contributed by atoms with E-state index in [4.69, 9.17) is 16.3 Å². The molecule has 2 aromatic carbocycles. The molecule has 0 amide bonds. The number of benzene rings is 2. The molecule has 142 valence electrons. The molecule has 4 rings (SSSR count). The third-order valence-electron chi connectivity index (χ3n) is 4.58. The van der Waals surface area contributed by atoms with E-state index >= 15 is 0 Å². The molecule has 0 fully saturated rings. The number of allylic oxidation sites excluding steroid dienone is 2. The molecule has 0 saturated carbocycles. The lowest BCUT2D eigenvalue weighted by Crippen LogP contribution is -2.27. The Morgan fingerprint density at radius 3 is 2.75 bits per heavy atom. The van der Waals surface area contributed by atoms with Crippen LogP contribution in [0.15, 0.2) is 59.8 Å². The molecule has 1 aliphatic rings. The molecule has 0 spiro atoms. The lowest BCUT2D eigenvalue weighted by atomic mass is 9.93. The van der Waals surface area contributed by atoms with Gasteiger partial charge in [0, 0.05) is 16.3 Å². The molecule has 3 aromatic rings. The fraction of sp³-hybridized carbons (Fsp3) is 0.200. The molecule has 28 heavy (non-hydrogen) atoms. The van der Waals surface area contributed by atoms with Gasteiger partial charge in [0.1, 0.15) is 18.4 Å². The molecule has 0 aliphatic carbocycles. The number of nitrogens with zero attached hydrogens (tertiary/aromatic N) is 4. The highest BCUT2D eigenvalue weighted by Gasteiger charge is 2.32. The first kappa shape index (κ1) is 18.2. The number of hydrogen-bond acceptors (Lipinski definition) is 6. The van der Waals surface area contributed by atoms with Crippen LogP contribution in [0.3, 0.4) is 0 Å². The van der Waals surface area contributed by atoms with Crippen LogP contribution in [0.1, 0.15) is 31.0 Å². The third kappa shape index (κ3) is 3.48. The Balaban J connectivity index is 1.58. The number of ketones is 1. The van der Waals surface area contributed by atoms with Gasteiger partial charge in [0.25, 0.3) is 0 Å². The second-order valence-electron chi connectivity index (χ2n) is 6.56. The maximum Gasteiger partial charge on any atom is 0.248 e. The van der Waals surface area contributed by atoms with Crippen LogP contribution in [0, 0.1) is 0 Å². The lowest BCUT2D eigenvalue weighted by molar-refractivity contribution is -0.114. The van der Waals surface area contributed by atoms with E-state index < -0.39 is 0 Å². The van der Waals surface area contributed by atoms with E-state index in [1.807, 2.05) is 55.5 Å². The SMILES string of the molecule is CC(=O)C1=C(C)Nc2nnnn2C1c1ccc(OCc2cccc(Cl)c2)cc1. The third-order valence-corrected chi connectivity index (χ3v) is 4.82. The molecule has 8 heteroatoms. The van der Waals surface area contributed by atoms with E-state index in [9.17, 15) is 4.79 Å². The summed E-state index contributed by atoms with van der Waals surface area (Å²) in [5.41, 5.74) is 3.27. The Morgan fingerprint density at radius 2 is 2.04 bits per heavy atom. The number of hydrogen-bond donors (Lipinski definition) is 1. The smallest absolute Gasteiger partial charge is 0.248 e. The standard InChI is InChI=1S/C20H18ClN5O2/c1-12-18(13(2)27)19(26-20(22-12)23-24-25-26)15-6-8-17(9-7-15)28-11-14-4-3-5-16(21)10-14/h3-10,19H,11H2,1-2H3,(H,22,23,25). The number of Topliss-reactive ketones (excluding diaryl/α,β-unsaturated/α-hetero) is 1. The Kier molecular flexibility index (Phi) is 4.83. The first-order valence-electron chi connectivity index (χ1n) is 8.76. The maximum absolute atomic E-state index is 12.3. The summed E-state index contributed by atoms with van der Waals surface area (Å²) in [4.78, 5) is 12.3. The predicted molar refractivity (Wildman–Crippen MR) is 105 cm³/mol. The molecule has 1 N–H and O–H groups in total. The van der Waals surface area contributed by atoms with Crippen LogP contribution >= 0.6 is 11.6 Å². The number of anilines is 1. The number of carbonyl (C=O) groups is 1. The lowest BCUT2D eigenvalue weighted by Gasteiger charge is -2.27. The maximum atomic E-state index is 12.3. The van der Waals surface area contributed by atoms with Gasteiger partial charge in [-0.25, -0.2) is 0 Å². The monoisotopic (exact) mass is 395 g/mol. The number of aromatic nitrogens is 4. The van der Waals surface area contributed by atoms with E-state index in [-0.39, 0.29) is 11.8 Å². The number of nitrogens with one attached hydrogen (secondary N) is 1. The normalized spacial score (nSPS) is 15.8. The summed E-state index contributed by atoms with van der Waals surface area (Å²) in [5, 5.41) is 15.5. The minimum atomic E-state index is -0.384. The van der Waals surface area contributed by atoms with Crippen molar-refractivity contribution >= 4 is 23.3 Å². The van der Waals surface area contributed by atoms with E-state index in [0.29, 0.717) is 23.2 Å². The van der Waals surface area contributed by atoms with Gasteiger partial charge in [0.2, 0.25) is 5.95 Å². The highest BCUT2D eigenvalue weighted by atomic mass is 35.5. The number of carbonyl (C=O) groups excluding carboxylic acids is 1. The van der Waals surface area contributed by atoms with Gasteiger partial charge in [-0.05, 0) is 59.7 Å². The summed E-state index contributed by atoms with van der Waals surface area (Å²) in [5.74, 6) is 1.20. The zero-order chi connectivity index (χ0) is 19.7. The first-order valence-corrected chi connectivity index (χ1v) is 9.14. The summed E-state index contributed by atoms with van der Waals surface area (Å²) < 4.78 is 7.46. The second kappa shape index (κ2) is 7.44. The van der Waals surface area contributed by atoms with E-state index in [1.54, 1.807) is 11.6 Å². The van der Waals surface area contributed by atoms with Crippen molar-refractivity contribution in [3.63, 3.8) is 0 Å². The van der Waals surface area contributed by atoms with Gasteiger partial charge in [-0.2, -0.15) is 4.68 Å². The zero-order valence-corrected chi connectivity index (χ0v) is 16.1. The Bertz CT molecular complexity index is 1060. The van der Waals surface area contributed by atoms with Crippen molar-refractivity contribution in [2.75, 3.05) is 5.32 Å². The van der Waals surface area contributed by atoms with E-state index in [0.717, 1.165) is 22.6 Å². The number of fused-ring (bicyclic) bond motifs is 1. The van der Waals surface area contributed by atoms with Crippen molar-refractivity contribution in [1.29, 1.82) is 0 Å². The van der Waals surface area contributed by atoms with Gasteiger partial charge in [-0.3, -0.25) is 4.79 Å². The Hall–Kier alpha value is -3.19. The summed E-state index contributed by atoms with van der Waals surface area (Å²) in [6.07, 6.45) is 0. The van der Waals surface area contributed by atoms with Gasteiger partial charge >= 0.3 is 0 Å². The average molecular weight is 396 g/mol. The molecule has 2 heterocycles. The molecule has 1 aliphatic heterocycles. The van der Waals surface area contributed by atoms with Gasteiger partial charge in [-0.1, -0.05) is 41.0 Å². The van der Waals surface area contributed by atoms with Gasteiger partial charge in [-0.15, -0.1) is 0 Å². The van der Waals surface area contributed by atoms with Crippen LogP contribution in [-0.2, 0) is 11.4 Å². The molecule has 1 atom stereocenters. The zero-order valence-electron chi connectivity index (χ0n) is 15.4. The van der Waals surface area contributed by atoms with Crippen molar-refractivity contribution in [2.24, 2.45) is 0 Å². The first-order chi connectivity index (χ1) is 13.5. The summed E-state index contributed by atoms with van der Waals surface area (Å²) in [6.45, 7) is 3.82. The molecular formula is C20H18ClN5O2. The summed E-state index contributed by atoms with van der Waals surface area (Å²) >= 11 is 6.01. The summed E-state index contributed by atoms with van der Waals surface area (Å²) in [6, 6.07) is 14.8. The van der Waals surface area contributed by atoms with Crippen LogP contribution in [-0.4, -0.2) is 26.0 Å². The highest BCUT2D eigenvalue weighted by Crippen LogP contribution is 2.35.